The predicted molar refractivity (Wildman–Crippen MR) is 47.0 cm³/mol. The topological polar surface area (TPSA) is 74.6 Å². The summed E-state index contributed by atoms with van der Waals surface area (Å²) in [4.78, 5) is 20.7. The van der Waals surface area contributed by atoms with Crippen molar-refractivity contribution in [3.8, 4) is 0 Å². The molecule has 0 atom stereocenters. The van der Waals surface area contributed by atoms with Crippen LogP contribution in [0, 0.1) is 5.82 Å². The first kappa shape index (κ1) is 10.6. The summed E-state index contributed by atoms with van der Waals surface area (Å²) in [7, 11) is -2.05. The molecule has 1 rings (SSSR count). The largest absolute Gasteiger partial charge is 0.491 e. The van der Waals surface area contributed by atoms with Crippen molar-refractivity contribution in [2.45, 2.75) is 0 Å². The standard InChI is InChI=1S/C8H6BFO4/c10-8-6(4-12)1-5(3-11)2-7(8)9(13)14/h1-4,13-14H. The summed E-state index contributed by atoms with van der Waals surface area (Å²) < 4.78 is 13.2. The molecule has 0 aliphatic rings. The SMILES string of the molecule is O=Cc1cc(C=O)c(F)c(B(O)O)c1. The highest BCUT2D eigenvalue weighted by atomic mass is 19.1. The van der Waals surface area contributed by atoms with Gasteiger partial charge in [0.15, 0.2) is 6.29 Å². The van der Waals surface area contributed by atoms with Crippen molar-refractivity contribution >= 4 is 25.2 Å². The first-order chi connectivity index (χ1) is 6.60. The zero-order valence-electron chi connectivity index (χ0n) is 6.98. The molecule has 0 aliphatic heterocycles. The number of hydrogen-bond donors (Lipinski definition) is 2. The third kappa shape index (κ3) is 1.86. The molecule has 0 heterocycles. The van der Waals surface area contributed by atoms with Crippen molar-refractivity contribution in [3.63, 3.8) is 0 Å². The third-order valence-electron chi connectivity index (χ3n) is 1.69. The second-order valence-corrected chi connectivity index (χ2v) is 2.62. The van der Waals surface area contributed by atoms with E-state index in [0.717, 1.165) is 12.1 Å². The third-order valence-corrected chi connectivity index (χ3v) is 1.69. The van der Waals surface area contributed by atoms with E-state index < -0.39 is 18.4 Å². The van der Waals surface area contributed by atoms with E-state index in [2.05, 4.69) is 0 Å². The molecule has 0 aliphatic carbocycles. The lowest BCUT2D eigenvalue weighted by Crippen LogP contribution is -2.34. The minimum Gasteiger partial charge on any atom is -0.423 e. The van der Waals surface area contributed by atoms with Crippen LogP contribution in [0.1, 0.15) is 20.7 Å². The molecule has 14 heavy (non-hydrogen) atoms. The summed E-state index contributed by atoms with van der Waals surface area (Å²) in [6.07, 6.45) is 0.590. The molecule has 0 aromatic heterocycles. The zero-order valence-corrected chi connectivity index (χ0v) is 6.98. The van der Waals surface area contributed by atoms with E-state index in [1.54, 1.807) is 0 Å². The molecule has 4 nitrogen and oxygen atoms in total. The van der Waals surface area contributed by atoms with Gasteiger partial charge in [-0.3, -0.25) is 9.59 Å². The van der Waals surface area contributed by atoms with E-state index in [4.69, 9.17) is 10.0 Å². The Hall–Kier alpha value is -1.53. The number of halogens is 1. The first-order valence-corrected chi connectivity index (χ1v) is 3.70. The number of rotatable bonds is 3. The van der Waals surface area contributed by atoms with Crippen molar-refractivity contribution in [1.29, 1.82) is 0 Å². The monoisotopic (exact) mass is 196 g/mol. The van der Waals surface area contributed by atoms with Gasteiger partial charge in [-0.25, -0.2) is 4.39 Å². The molecule has 1 aromatic carbocycles. The van der Waals surface area contributed by atoms with Gasteiger partial charge in [0.2, 0.25) is 0 Å². The van der Waals surface area contributed by atoms with E-state index in [1.807, 2.05) is 0 Å². The molecule has 0 bridgehead atoms. The minimum absolute atomic E-state index is 0.0107. The molecule has 72 valence electrons. The fraction of sp³-hybridized carbons (Fsp3) is 0. The van der Waals surface area contributed by atoms with Crippen molar-refractivity contribution < 1.29 is 24.0 Å². The van der Waals surface area contributed by atoms with Crippen LogP contribution >= 0.6 is 0 Å². The van der Waals surface area contributed by atoms with E-state index in [0.29, 0.717) is 6.29 Å². The predicted octanol–water partition coefficient (Wildman–Crippen LogP) is -0.869. The van der Waals surface area contributed by atoms with Crippen molar-refractivity contribution in [3.05, 3.63) is 29.1 Å². The van der Waals surface area contributed by atoms with Gasteiger partial charge in [0.1, 0.15) is 12.1 Å². The van der Waals surface area contributed by atoms with Crippen LogP contribution in [0.4, 0.5) is 4.39 Å². The molecule has 1 aromatic rings. The van der Waals surface area contributed by atoms with Crippen LogP contribution in [-0.4, -0.2) is 29.7 Å². The molecule has 0 spiro atoms. The second kappa shape index (κ2) is 4.12. The molecular formula is C8H6BFO4. The maximum atomic E-state index is 13.2. The maximum absolute atomic E-state index is 13.2. The van der Waals surface area contributed by atoms with E-state index in [9.17, 15) is 14.0 Å². The van der Waals surface area contributed by atoms with Crippen LogP contribution in [0.25, 0.3) is 0 Å². The van der Waals surface area contributed by atoms with Crippen molar-refractivity contribution in [1.82, 2.24) is 0 Å². The van der Waals surface area contributed by atoms with E-state index in [1.165, 1.54) is 0 Å². The molecular weight excluding hydrogens is 190 g/mol. The molecule has 0 saturated carbocycles. The Morgan fingerprint density at radius 3 is 2.29 bits per heavy atom. The zero-order chi connectivity index (χ0) is 10.7. The van der Waals surface area contributed by atoms with Crippen LogP contribution in [-0.2, 0) is 0 Å². The van der Waals surface area contributed by atoms with Crippen LogP contribution in [0.3, 0.4) is 0 Å². The highest BCUT2D eigenvalue weighted by Crippen LogP contribution is 2.05. The number of aldehydes is 2. The Labute approximate surface area is 79.1 Å². The number of carbonyl (C=O) groups is 2. The van der Waals surface area contributed by atoms with Crippen molar-refractivity contribution in [2.24, 2.45) is 0 Å². The molecule has 6 heteroatoms. The number of benzene rings is 1. The molecule has 2 N–H and O–H groups in total. The van der Waals surface area contributed by atoms with Crippen LogP contribution < -0.4 is 5.46 Å². The average molecular weight is 196 g/mol. The van der Waals surface area contributed by atoms with Gasteiger partial charge in [0, 0.05) is 11.0 Å². The van der Waals surface area contributed by atoms with E-state index >= 15 is 0 Å². The van der Waals surface area contributed by atoms with Gasteiger partial charge in [0.05, 0.1) is 5.56 Å². The lowest BCUT2D eigenvalue weighted by molar-refractivity contribution is 0.111. The highest BCUT2D eigenvalue weighted by molar-refractivity contribution is 6.58. The van der Waals surface area contributed by atoms with Crippen LogP contribution in [0.2, 0.25) is 0 Å². The van der Waals surface area contributed by atoms with Gasteiger partial charge in [-0.2, -0.15) is 0 Å². The first-order valence-electron chi connectivity index (χ1n) is 3.70. The molecule has 0 saturated heterocycles. The highest BCUT2D eigenvalue weighted by Gasteiger charge is 2.20. The summed E-state index contributed by atoms with van der Waals surface area (Å²) in [5, 5.41) is 17.5. The van der Waals surface area contributed by atoms with Crippen LogP contribution in [0.5, 0.6) is 0 Å². The van der Waals surface area contributed by atoms with Gasteiger partial charge < -0.3 is 10.0 Å². The van der Waals surface area contributed by atoms with Crippen molar-refractivity contribution in [2.75, 3.05) is 0 Å². The van der Waals surface area contributed by atoms with Gasteiger partial charge in [-0.15, -0.1) is 0 Å². The Bertz CT molecular complexity index is 378. The van der Waals surface area contributed by atoms with Gasteiger partial charge in [-0.05, 0) is 12.1 Å². The molecule has 0 amide bonds. The Balaban J connectivity index is 3.41. The van der Waals surface area contributed by atoms with Gasteiger partial charge >= 0.3 is 7.12 Å². The Kier molecular flexibility index (Phi) is 3.11. The quantitative estimate of drug-likeness (QED) is 0.486. The summed E-state index contributed by atoms with van der Waals surface area (Å²) in [5.41, 5.74) is -0.856. The summed E-state index contributed by atoms with van der Waals surface area (Å²) in [6, 6.07) is 2.00. The fourth-order valence-corrected chi connectivity index (χ4v) is 1.04. The van der Waals surface area contributed by atoms with Crippen LogP contribution in [0.15, 0.2) is 12.1 Å². The smallest absolute Gasteiger partial charge is 0.423 e. The van der Waals surface area contributed by atoms with E-state index in [-0.39, 0.29) is 17.4 Å². The average Bonchev–Trinajstić information content (AvgIpc) is 2.17. The number of hydrogen-bond acceptors (Lipinski definition) is 4. The fourth-order valence-electron chi connectivity index (χ4n) is 1.04. The maximum Gasteiger partial charge on any atom is 0.491 e. The molecule has 0 unspecified atom stereocenters. The second-order valence-electron chi connectivity index (χ2n) is 2.62. The Morgan fingerprint density at radius 2 is 1.86 bits per heavy atom. The molecule has 0 radical (unpaired) electrons. The van der Waals surface area contributed by atoms with Gasteiger partial charge in [0.25, 0.3) is 0 Å². The number of carbonyl (C=O) groups excluding carboxylic acids is 2. The lowest BCUT2D eigenvalue weighted by atomic mass is 9.78. The molecule has 0 fully saturated rings. The van der Waals surface area contributed by atoms with Gasteiger partial charge in [-0.1, -0.05) is 0 Å². The lowest BCUT2D eigenvalue weighted by Gasteiger charge is -2.04. The minimum atomic E-state index is -2.05. The normalized spacial score (nSPS) is 9.64. The summed E-state index contributed by atoms with van der Waals surface area (Å²) >= 11 is 0. The Morgan fingerprint density at radius 1 is 1.21 bits per heavy atom. The summed E-state index contributed by atoms with van der Waals surface area (Å²) in [5.74, 6) is -1.03. The summed E-state index contributed by atoms with van der Waals surface area (Å²) in [6.45, 7) is 0.